The quantitative estimate of drug-likeness (QED) is 0.830. The summed E-state index contributed by atoms with van der Waals surface area (Å²) in [6.07, 6.45) is 4.02. The lowest BCUT2D eigenvalue weighted by Gasteiger charge is -2.30. The number of piperidine rings is 1. The molecule has 5 nitrogen and oxygen atoms in total. The summed E-state index contributed by atoms with van der Waals surface area (Å²) in [5, 5.41) is 9.95. The number of nitrogens with zero attached hydrogens (tertiary/aromatic N) is 3. The van der Waals surface area contributed by atoms with Crippen molar-refractivity contribution in [3.05, 3.63) is 5.69 Å². The van der Waals surface area contributed by atoms with Crippen molar-refractivity contribution in [1.82, 2.24) is 13.6 Å². The minimum atomic E-state index is -0.169. The van der Waals surface area contributed by atoms with Crippen molar-refractivity contribution in [2.75, 3.05) is 31.7 Å². The van der Waals surface area contributed by atoms with E-state index in [1.54, 1.807) is 11.8 Å². The number of aliphatic hydroxyl groups excluding tert-OH is 1. The third kappa shape index (κ3) is 2.74. The normalized spacial score (nSPS) is 33.6. The molecular formula is C12H19N3O2S2. The molecule has 0 radical (unpaired) electrons. The van der Waals surface area contributed by atoms with E-state index < -0.39 is 0 Å². The standard InChI is InChI=1S/C12H19N3O2S2/c1-18-5-4-17-12-11(13-19-14-12)9-3-2-8-6-15(9)7-10(8)16/h8-10,16H,2-7H2,1H3. The Balaban J connectivity index is 1.70. The van der Waals surface area contributed by atoms with Crippen molar-refractivity contribution >= 4 is 23.5 Å². The van der Waals surface area contributed by atoms with Crippen LogP contribution in [0.3, 0.4) is 0 Å². The molecule has 2 fully saturated rings. The second kappa shape index (κ2) is 5.95. The molecule has 2 saturated heterocycles. The van der Waals surface area contributed by atoms with Crippen molar-refractivity contribution < 1.29 is 9.84 Å². The van der Waals surface area contributed by atoms with Gasteiger partial charge in [0, 0.05) is 18.8 Å². The monoisotopic (exact) mass is 301 g/mol. The van der Waals surface area contributed by atoms with Gasteiger partial charge >= 0.3 is 0 Å². The average molecular weight is 301 g/mol. The van der Waals surface area contributed by atoms with Crippen molar-refractivity contribution in [3.8, 4) is 5.88 Å². The molecule has 0 saturated carbocycles. The maximum absolute atomic E-state index is 9.95. The van der Waals surface area contributed by atoms with Gasteiger partial charge in [-0.25, -0.2) is 0 Å². The molecule has 0 aliphatic carbocycles. The second-order valence-corrected chi connectivity index (χ2v) is 6.68. The lowest BCUT2D eigenvalue weighted by atomic mass is 9.93. The largest absolute Gasteiger partial charge is 0.475 e. The van der Waals surface area contributed by atoms with Crippen LogP contribution in [0.25, 0.3) is 0 Å². The first-order valence-electron chi connectivity index (χ1n) is 6.66. The number of hydrogen-bond acceptors (Lipinski definition) is 7. The van der Waals surface area contributed by atoms with Crippen LogP contribution in [-0.4, -0.2) is 56.6 Å². The van der Waals surface area contributed by atoms with Crippen LogP contribution < -0.4 is 4.74 Å². The molecule has 1 aromatic rings. The van der Waals surface area contributed by atoms with Gasteiger partial charge in [-0.05, 0) is 25.0 Å². The fourth-order valence-electron chi connectivity index (χ4n) is 3.00. The fourth-order valence-corrected chi connectivity index (χ4v) is 3.80. The number of rotatable bonds is 5. The van der Waals surface area contributed by atoms with Gasteiger partial charge in [0.15, 0.2) is 0 Å². The Kier molecular flexibility index (Phi) is 4.26. The minimum Gasteiger partial charge on any atom is -0.475 e. The highest BCUT2D eigenvalue weighted by molar-refractivity contribution is 7.98. The molecule has 3 heterocycles. The predicted molar refractivity (Wildman–Crippen MR) is 76.8 cm³/mol. The van der Waals surface area contributed by atoms with Gasteiger partial charge in [-0.15, -0.1) is 4.37 Å². The molecule has 1 aromatic heterocycles. The van der Waals surface area contributed by atoms with Crippen molar-refractivity contribution in [3.63, 3.8) is 0 Å². The van der Waals surface area contributed by atoms with E-state index in [2.05, 4.69) is 19.9 Å². The number of ether oxygens (including phenoxy) is 1. The van der Waals surface area contributed by atoms with Gasteiger partial charge in [0.25, 0.3) is 5.88 Å². The Hall–Kier alpha value is -0.370. The summed E-state index contributed by atoms with van der Waals surface area (Å²) >= 11 is 2.99. The van der Waals surface area contributed by atoms with E-state index in [0.717, 1.165) is 37.4 Å². The van der Waals surface area contributed by atoms with E-state index in [4.69, 9.17) is 4.74 Å². The molecule has 3 rings (SSSR count). The zero-order valence-electron chi connectivity index (χ0n) is 11.0. The van der Waals surface area contributed by atoms with E-state index in [-0.39, 0.29) is 12.1 Å². The predicted octanol–water partition coefficient (Wildman–Crippen LogP) is 1.41. The van der Waals surface area contributed by atoms with Crippen molar-refractivity contribution in [1.29, 1.82) is 0 Å². The summed E-state index contributed by atoms with van der Waals surface area (Å²) in [7, 11) is 0. The molecule has 4 atom stereocenters. The summed E-state index contributed by atoms with van der Waals surface area (Å²) in [4.78, 5) is 2.33. The molecule has 106 valence electrons. The van der Waals surface area contributed by atoms with Crippen LogP contribution in [-0.2, 0) is 0 Å². The highest BCUT2D eigenvalue weighted by atomic mass is 32.2. The van der Waals surface area contributed by atoms with E-state index in [9.17, 15) is 5.11 Å². The Bertz CT molecular complexity index is 427. The Morgan fingerprint density at radius 3 is 3.16 bits per heavy atom. The lowest BCUT2D eigenvalue weighted by molar-refractivity contribution is 0.144. The van der Waals surface area contributed by atoms with E-state index in [0.29, 0.717) is 18.4 Å². The average Bonchev–Trinajstić information content (AvgIpc) is 2.97. The molecule has 7 heteroatoms. The Labute approximate surface area is 121 Å². The SMILES string of the molecule is CSCCOc1nsnc1C1CCC2CN1CC2O. The molecule has 19 heavy (non-hydrogen) atoms. The van der Waals surface area contributed by atoms with Crippen LogP contribution in [0.15, 0.2) is 0 Å². The number of aliphatic hydroxyl groups is 1. The molecule has 2 aliphatic heterocycles. The van der Waals surface area contributed by atoms with Gasteiger partial charge < -0.3 is 9.84 Å². The van der Waals surface area contributed by atoms with Crippen LogP contribution in [0.2, 0.25) is 0 Å². The fraction of sp³-hybridized carbons (Fsp3) is 0.833. The molecule has 0 aromatic carbocycles. The van der Waals surface area contributed by atoms with E-state index in [1.807, 2.05) is 0 Å². The highest BCUT2D eigenvalue weighted by Crippen LogP contribution is 2.41. The van der Waals surface area contributed by atoms with Gasteiger partial charge in [0.1, 0.15) is 5.69 Å². The number of aromatic nitrogens is 2. The van der Waals surface area contributed by atoms with Gasteiger partial charge in [0.2, 0.25) is 0 Å². The van der Waals surface area contributed by atoms with Gasteiger partial charge in [0.05, 0.1) is 30.5 Å². The molecular weight excluding hydrogens is 282 g/mol. The van der Waals surface area contributed by atoms with Crippen LogP contribution in [0, 0.1) is 5.92 Å². The van der Waals surface area contributed by atoms with E-state index in [1.165, 1.54) is 11.7 Å². The van der Waals surface area contributed by atoms with Crippen molar-refractivity contribution in [2.45, 2.75) is 25.0 Å². The van der Waals surface area contributed by atoms with Gasteiger partial charge in [-0.3, -0.25) is 4.90 Å². The molecule has 2 bridgehead atoms. The highest BCUT2D eigenvalue weighted by Gasteiger charge is 2.41. The summed E-state index contributed by atoms with van der Waals surface area (Å²) in [6, 6.07) is 0.274. The third-order valence-electron chi connectivity index (χ3n) is 4.01. The summed E-state index contributed by atoms with van der Waals surface area (Å²) in [5.74, 6) is 2.11. The topological polar surface area (TPSA) is 58.5 Å². The van der Waals surface area contributed by atoms with Crippen LogP contribution >= 0.6 is 23.5 Å². The number of hydrogen-bond donors (Lipinski definition) is 1. The first-order valence-corrected chi connectivity index (χ1v) is 8.78. The Morgan fingerprint density at radius 2 is 2.32 bits per heavy atom. The Morgan fingerprint density at radius 1 is 1.42 bits per heavy atom. The lowest BCUT2D eigenvalue weighted by Crippen LogP contribution is -2.31. The minimum absolute atomic E-state index is 0.169. The number of fused-ring (bicyclic) bond motifs is 2. The van der Waals surface area contributed by atoms with Crippen LogP contribution in [0.4, 0.5) is 0 Å². The van der Waals surface area contributed by atoms with E-state index >= 15 is 0 Å². The summed E-state index contributed by atoms with van der Waals surface area (Å²) in [6.45, 7) is 2.42. The number of thioether (sulfide) groups is 1. The van der Waals surface area contributed by atoms with Crippen LogP contribution in [0.5, 0.6) is 5.88 Å². The zero-order chi connectivity index (χ0) is 13.2. The molecule has 0 spiro atoms. The molecule has 1 N–H and O–H groups in total. The summed E-state index contributed by atoms with van der Waals surface area (Å²) < 4.78 is 14.4. The van der Waals surface area contributed by atoms with Crippen LogP contribution in [0.1, 0.15) is 24.6 Å². The zero-order valence-corrected chi connectivity index (χ0v) is 12.6. The smallest absolute Gasteiger partial charge is 0.250 e. The molecule has 4 unspecified atom stereocenters. The second-order valence-electron chi connectivity index (χ2n) is 5.17. The molecule has 2 aliphatic rings. The maximum Gasteiger partial charge on any atom is 0.250 e. The van der Waals surface area contributed by atoms with Gasteiger partial charge in [-0.2, -0.15) is 16.1 Å². The molecule has 0 amide bonds. The summed E-state index contributed by atoms with van der Waals surface area (Å²) in [5.41, 5.74) is 0.971. The first kappa shape index (κ1) is 13.6. The maximum atomic E-state index is 9.95. The van der Waals surface area contributed by atoms with Crippen molar-refractivity contribution in [2.24, 2.45) is 5.92 Å². The van der Waals surface area contributed by atoms with Gasteiger partial charge in [-0.1, -0.05) is 0 Å². The third-order valence-corrected chi connectivity index (χ3v) is 5.11. The first-order chi connectivity index (χ1) is 9.29.